The van der Waals surface area contributed by atoms with Gasteiger partial charge in [0, 0.05) is 43.2 Å². The zero-order valence-electron chi connectivity index (χ0n) is 20.4. The first kappa shape index (κ1) is 23.0. The predicted octanol–water partition coefficient (Wildman–Crippen LogP) is 2.44. The number of methoxy groups -OCH3 is 1. The van der Waals surface area contributed by atoms with Crippen molar-refractivity contribution in [3.8, 4) is 16.9 Å². The second-order valence-electron chi connectivity index (χ2n) is 9.54. The Kier molecular flexibility index (Phi) is 5.51. The van der Waals surface area contributed by atoms with Gasteiger partial charge in [0.05, 0.1) is 13.7 Å². The van der Waals surface area contributed by atoms with E-state index in [0.717, 1.165) is 48.6 Å². The van der Waals surface area contributed by atoms with Gasteiger partial charge >= 0.3 is 6.03 Å². The molecule has 4 heterocycles. The number of fused-ring (bicyclic) bond motifs is 1. The van der Waals surface area contributed by atoms with Crippen molar-refractivity contribution in [2.24, 2.45) is 0 Å². The molecule has 0 aliphatic carbocycles. The summed E-state index contributed by atoms with van der Waals surface area (Å²) in [6.07, 6.45) is 5.90. The van der Waals surface area contributed by atoms with E-state index in [0.29, 0.717) is 23.4 Å². The second kappa shape index (κ2) is 8.88. The molecule has 1 atom stereocenters. The van der Waals surface area contributed by atoms with Crippen LogP contribution in [0.15, 0.2) is 54.9 Å². The van der Waals surface area contributed by atoms with Gasteiger partial charge in [-0.1, -0.05) is 30.3 Å². The molecule has 0 bridgehead atoms. The van der Waals surface area contributed by atoms with Gasteiger partial charge in [0.15, 0.2) is 5.54 Å². The highest BCUT2D eigenvalue weighted by Crippen LogP contribution is 2.33. The molecule has 1 aromatic heterocycles. The molecule has 6 rings (SSSR count). The molecule has 0 radical (unpaired) electrons. The van der Waals surface area contributed by atoms with E-state index in [-0.39, 0.29) is 12.5 Å². The Morgan fingerprint density at radius 2 is 1.70 bits per heavy atom. The number of amides is 4. The number of anilines is 1. The maximum absolute atomic E-state index is 13.2. The van der Waals surface area contributed by atoms with Crippen LogP contribution in [-0.2, 0) is 16.9 Å². The number of hydrogen-bond donors (Lipinski definition) is 2. The van der Waals surface area contributed by atoms with Gasteiger partial charge in [-0.15, -0.1) is 0 Å². The zero-order chi connectivity index (χ0) is 25.6. The summed E-state index contributed by atoms with van der Waals surface area (Å²) in [5, 5.41) is 5.12. The summed E-state index contributed by atoms with van der Waals surface area (Å²) in [5.41, 5.74) is 2.28. The van der Waals surface area contributed by atoms with Crippen molar-refractivity contribution in [3.63, 3.8) is 0 Å². The third-order valence-electron chi connectivity index (χ3n) is 7.30. The van der Waals surface area contributed by atoms with Crippen molar-refractivity contribution < 1.29 is 19.1 Å². The van der Waals surface area contributed by atoms with Gasteiger partial charge in [-0.25, -0.2) is 14.8 Å². The van der Waals surface area contributed by atoms with Gasteiger partial charge in [-0.2, -0.15) is 0 Å². The molecule has 2 aromatic carbocycles. The second-order valence-corrected chi connectivity index (χ2v) is 9.54. The fourth-order valence-electron chi connectivity index (χ4n) is 5.28. The van der Waals surface area contributed by atoms with Gasteiger partial charge in [0.2, 0.25) is 5.95 Å². The lowest BCUT2D eigenvalue weighted by Crippen LogP contribution is -2.52. The Labute approximate surface area is 213 Å². The lowest BCUT2D eigenvalue weighted by molar-refractivity contribution is -0.124. The Bertz CT molecular complexity index is 1390. The molecule has 10 heteroatoms. The maximum atomic E-state index is 13.2. The van der Waals surface area contributed by atoms with Gasteiger partial charge in [0.25, 0.3) is 11.8 Å². The average Bonchev–Trinajstić information content (AvgIpc) is 3.63. The van der Waals surface area contributed by atoms with Crippen LogP contribution in [0.4, 0.5) is 10.7 Å². The lowest BCUT2D eigenvalue weighted by Gasteiger charge is -2.31. The number of carbonyl (C=O) groups is 3. The molecule has 188 valence electrons. The Balaban J connectivity index is 1.27. The van der Waals surface area contributed by atoms with Crippen LogP contribution >= 0.6 is 0 Å². The summed E-state index contributed by atoms with van der Waals surface area (Å²) < 4.78 is 5.25. The Morgan fingerprint density at radius 1 is 0.973 bits per heavy atom. The number of nitrogens with one attached hydrogen (secondary N) is 2. The fourth-order valence-corrected chi connectivity index (χ4v) is 5.28. The summed E-state index contributed by atoms with van der Waals surface area (Å²) in [6.45, 7) is 2.28. The molecule has 4 amide bonds. The fraction of sp³-hybridized carbons (Fsp3) is 0.296. The zero-order valence-corrected chi connectivity index (χ0v) is 20.4. The maximum Gasteiger partial charge on any atom is 0.322 e. The minimum absolute atomic E-state index is 0.00656. The summed E-state index contributed by atoms with van der Waals surface area (Å²) in [6, 6.07) is 12.1. The Hall–Kier alpha value is -4.47. The van der Waals surface area contributed by atoms with Crippen LogP contribution < -0.4 is 20.3 Å². The summed E-state index contributed by atoms with van der Waals surface area (Å²) in [4.78, 5) is 51.3. The first-order chi connectivity index (χ1) is 18.0. The van der Waals surface area contributed by atoms with Crippen molar-refractivity contribution in [2.75, 3.05) is 31.6 Å². The molecule has 3 aliphatic heterocycles. The van der Waals surface area contributed by atoms with Gasteiger partial charge in [0.1, 0.15) is 5.75 Å². The summed E-state index contributed by atoms with van der Waals surface area (Å²) in [5.74, 6) is 0.610. The standard InChI is InChI=1S/C27H26N6O4/c1-37-21-9-6-18-15-33(23(34)22(18)12-21)16-27(24(35)30-26(36)31-27)20-7-4-17(5-8-20)19-13-28-25(29-14-19)32-10-2-3-11-32/h4-9,12-14H,2-3,10-11,15-16H2,1H3,(H2,30,31,35,36)/t27-/m0/s1. The third kappa shape index (κ3) is 3.94. The van der Waals surface area contributed by atoms with E-state index in [1.807, 2.05) is 18.2 Å². The number of nitrogens with zero attached hydrogens (tertiary/aromatic N) is 4. The number of aromatic nitrogens is 2. The molecule has 3 aromatic rings. The van der Waals surface area contributed by atoms with Crippen LogP contribution in [0, 0.1) is 0 Å². The molecular weight excluding hydrogens is 472 g/mol. The smallest absolute Gasteiger partial charge is 0.322 e. The SMILES string of the molecule is COc1ccc2c(c1)C(=O)N(C[C@@]1(c3ccc(-c4cnc(N5CCCC5)nc4)cc3)NC(=O)NC1=O)C2. The van der Waals surface area contributed by atoms with Crippen LogP contribution in [-0.4, -0.2) is 59.5 Å². The first-order valence-corrected chi connectivity index (χ1v) is 12.2. The number of hydrogen-bond acceptors (Lipinski definition) is 7. The topological polar surface area (TPSA) is 117 Å². The third-order valence-corrected chi connectivity index (χ3v) is 7.30. The molecule has 2 saturated heterocycles. The van der Waals surface area contributed by atoms with Crippen molar-refractivity contribution in [1.82, 2.24) is 25.5 Å². The predicted molar refractivity (Wildman–Crippen MR) is 135 cm³/mol. The van der Waals surface area contributed by atoms with E-state index in [4.69, 9.17) is 4.74 Å². The largest absolute Gasteiger partial charge is 0.497 e. The highest BCUT2D eigenvalue weighted by atomic mass is 16.5. The normalized spacial score (nSPS) is 20.7. The molecule has 0 unspecified atom stereocenters. The van der Waals surface area contributed by atoms with Crippen molar-refractivity contribution >= 4 is 23.8 Å². The van der Waals surface area contributed by atoms with Gasteiger partial charge in [-0.05, 0) is 41.7 Å². The van der Waals surface area contributed by atoms with Crippen molar-refractivity contribution in [2.45, 2.75) is 24.9 Å². The Morgan fingerprint density at radius 3 is 2.35 bits per heavy atom. The lowest BCUT2D eigenvalue weighted by atomic mass is 9.88. The van der Waals surface area contributed by atoms with Crippen LogP contribution in [0.1, 0.15) is 34.3 Å². The number of carbonyl (C=O) groups excluding carboxylic acids is 3. The quantitative estimate of drug-likeness (QED) is 0.502. The minimum atomic E-state index is -1.41. The monoisotopic (exact) mass is 498 g/mol. The molecule has 0 spiro atoms. The van der Waals surface area contributed by atoms with E-state index in [9.17, 15) is 14.4 Å². The molecule has 0 saturated carbocycles. The number of ether oxygens (including phenoxy) is 1. The molecule has 2 N–H and O–H groups in total. The molecular formula is C27H26N6O4. The minimum Gasteiger partial charge on any atom is -0.497 e. The molecule has 10 nitrogen and oxygen atoms in total. The van der Waals surface area contributed by atoms with E-state index < -0.39 is 17.5 Å². The van der Waals surface area contributed by atoms with Crippen LogP contribution in [0.5, 0.6) is 5.75 Å². The highest BCUT2D eigenvalue weighted by Gasteiger charge is 2.50. The number of benzene rings is 2. The highest BCUT2D eigenvalue weighted by molar-refractivity contribution is 6.08. The van der Waals surface area contributed by atoms with E-state index in [1.165, 1.54) is 0 Å². The van der Waals surface area contributed by atoms with E-state index in [1.54, 1.807) is 48.7 Å². The van der Waals surface area contributed by atoms with Crippen molar-refractivity contribution in [1.29, 1.82) is 0 Å². The van der Waals surface area contributed by atoms with Gasteiger partial charge in [-0.3, -0.25) is 14.9 Å². The number of rotatable bonds is 6. The van der Waals surface area contributed by atoms with Gasteiger partial charge < -0.3 is 19.9 Å². The van der Waals surface area contributed by atoms with E-state index in [2.05, 4.69) is 25.5 Å². The van der Waals surface area contributed by atoms with E-state index >= 15 is 0 Å². The summed E-state index contributed by atoms with van der Waals surface area (Å²) in [7, 11) is 1.55. The first-order valence-electron chi connectivity index (χ1n) is 12.2. The molecule has 37 heavy (non-hydrogen) atoms. The average molecular weight is 499 g/mol. The number of urea groups is 1. The summed E-state index contributed by atoms with van der Waals surface area (Å²) >= 11 is 0. The van der Waals surface area contributed by atoms with Crippen LogP contribution in [0.3, 0.4) is 0 Å². The number of imide groups is 1. The van der Waals surface area contributed by atoms with Crippen LogP contribution in [0.25, 0.3) is 11.1 Å². The molecule has 2 fully saturated rings. The molecule has 3 aliphatic rings. The van der Waals surface area contributed by atoms with Crippen molar-refractivity contribution in [3.05, 3.63) is 71.5 Å². The van der Waals surface area contributed by atoms with Crippen LogP contribution in [0.2, 0.25) is 0 Å².